The molecule has 30 heavy (non-hydrogen) atoms. The Kier molecular flexibility index (Phi) is 5.50. The van der Waals surface area contributed by atoms with Gasteiger partial charge in [-0.3, -0.25) is 0 Å². The van der Waals surface area contributed by atoms with Crippen molar-refractivity contribution in [2.75, 3.05) is 0 Å². The van der Waals surface area contributed by atoms with Gasteiger partial charge >= 0.3 is 180 Å². The van der Waals surface area contributed by atoms with E-state index < -0.39 is 12.7 Å². The Hall–Kier alpha value is -2.03. The van der Waals surface area contributed by atoms with Crippen molar-refractivity contribution < 1.29 is 14.7 Å². The molecule has 0 bridgehead atoms. The molecule has 160 valence electrons. The van der Waals surface area contributed by atoms with Crippen LogP contribution in [0.15, 0.2) is 72.8 Å². The van der Waals surface area contributed by atoms with E-state index in [0.29, 0.717) is 0 Å². The van der Waals surface area contributed by atoms with Crippen LogP contribution >= 0.6 is 7.28 Å². The topological polar surface area (TPSA) is 60.7 Å². The Morgan fingerprint density at radius 1 is 0.600 bits per heavy atom. The summed E-state index contributed by atoms with van der Waals surface area (Å²) in [6.45, 7) is 12.6. The molecule has 0 fully saturated rings. The van der Waals surface area contributed by atoms with Gasteiger partial charge in [0.05, 0.1) is 0 Å². The normalized spacial score (nSPS) is 14.2. The minimum absolute atomic E-state index is 0.136. The Labute approximate surface area is 180 Å². The second-order valence-electron chi connectivity index (χ2n) is 10.1. The fraction of sp³-hybridized carbons (Fsp3) is 0.308. The van der Waals surface area contributed by atoms with Gasteiger partial charge in [-0.05, 0) is 0 Å². The number of hydrogen-bond acceptors (Lipinski definition) is 3. The molecule has 0 aromatic heterocycles. The molecule has 3 nitrogen and oxygen atoms in total. The van der Waals surface area contributed by atoms with E-state index in [-0.39, 0.29) is 16.0 Å². The third-order valence-corrected chi connectivity index (χ3v) is 7.99. The summed E-state index contributed by atoms with van der Waals surface area (Å²) in [5.41, 5.74) is 3.18. The summed E-state index contributed by atoms with van der Waals surface area (Å²) >= 11 is 0. The van der Waals surface area contributed by atoms with Crippen molar-refractivity contribution in [1.82, 2.24) is 0 Å². The quantitative estimate of drug-likeness (QED) is 0.508. The van der Waals surface area contributed by atoms with Crippen LogP contribution in [0.1, 0.15) is 52.7 Å². The second-order valence-corrected chi connectivity index (χ2v) is 13.0. The van der Waals surface area contributed by atoms with Gasteiger partial charge in [-0.25, -0.2) is 0 Å². The van der Waals surface area contributed by atoms with E-state index in [1.807, 2.05) is 57.2 Å². The molecule has 3 aromatic carbocycles. The van der Waals surface area contributed by atoms with Gasteiger partial charge in [0.25, 0.3) is 0 Å². The molecule has 0 aliphatic heterocycles. The van der Waals surface area contributed by atoms with Gasteiger partial charge < -0.3 is 0 Å². The van der Waals surface area contributed by atoms with Crippen LogP contribution in [0.2, 0.25) is 0 Å². The summed E-state index contributed by atoms with van der Waals surface area (Å²) in [4.78, 5) is 34.4. The van der Waals surface area contributed by atoms with Crippen LogP contribution in [-0.2, 0) is 10.8 Å². The maximum atomic E-state index is 11.5. The standard InChI is InChI=1S/C26H33O3P/c1-25(2,3)21-17-18-22(30(27,28,29)20-15-11-8-12-16-20)24(26(4,5)6)23(21)19-13-9-7-10-14-19/h7-18,27-29H,1-6H3. The molecule has 0 unspecified atom stereocenters. The molecule has 3 N–H and O–H groups in total. The molecule has 0 amide bonds. The third kappa shape index (κ3) is 4.08. The van der Waals surface area contributed by atoms with Crippen LogP contribution in [0.5, 0.6) is 0 Å². The zero-order valence-electron chi connectivity index (χ0n) is 18.7. The molecule has 0 saturated heterocycles. The summed E-state index contributed by atoms with van der Waals surface area (Å²) in [6.07, 6.45) is 0. The molecule has 0 radical (unpaired) electrons. The van der Waals surface area contributed by atoms with Crippen LogP contribution in [0.4, 0.5) is 0 Å². The van der Waals surface area contributed by atoms with Crippen molar-refractivity contribution in [3.63, 3.8) is 0 Å². The molecule has 0 heterocycles. The monoisotopic (exact) mass is 424 g/mol. The average molecular weight is 425 g/mol. The van der Waals surface area contributed by atoms with E-state index in [0.717, 1.165) is 22.3 Å². The molecular weight excluding hydrogens is 391 g/mol. The Bertz CT molecular complexity index is 1040. The van der Waals surface area contributed by atoms with Crippen molar-refractivity contribution in [2.45, 2.75) is 52.4 Å². The zero-order valence-corrected chi connectivity index (χ0v) is 19.6. The van der Waals surface area contributed by atoms with E-state index in [1.165, 1.54) is 0 Å². The first kappa shape index (κ1) is 22.7. The van der Waals surface area contributed by atoms with Crippen molar-refractivity contribution in [2.24, 2.45) is 0 Å². The Morgan fingerprint density at radius 3 is 1.57 bits per heavy atom. The van der Waals surface area contributed by atoms with Crippen LogP contribution < -0.4 is 10.6 Å². The van der Waals surface area contributed by atoms with Gasteiger partial charge in [0, 0.05) is 0 Å². The number of benzene rings is 3. The van der Waals surface area contributed by atoms with Crippen LogP contribution in [0.3, 0.4) is 0 Å². The van der Waals surface area contributed by atoms with Crippen molar-refractivity contribution in [3.8, 4) is 11.1 Å². The second kappa shape index (κ2) is 7.28. The molecule has 3 aromatic rings. The fourth-order valence-electron chi connectivity index (χ4n) is 4.07. The summed E-state index contributed by atoms with van der Waals surface area (Å²) in [5, 5.41) is 0.336. The molecule has 0 aliphatic rings. The molecule has 0 spiro atoms. The zero-order chi connectivity index (χ0) is 22.4. The fourth-order valence-corrected chi connectivity index (χ4v) is 6.27. The third-order valence-electron chi connectivity index (χ3n) is 5.48. The van der Waals surface area contributed by atoms with Gasteiger partial charge in [-0.2, -0.15) is 0 Å². The first-order valence-corrected chi connectivity index (χ1v) is 12.4. The van der Waals surface area contributed by atoms with Gasteiger partial charge in [0.1, 0.15) is 0 Å². The molecule has 0 atom stereocenters. The van der Waals surface area contributed by atoms with E-state index in [4.69, 9.17) is 0 Å². The van der Waals surface area contributed by atoms with E-state index in [2.05, 4.69) is 20.8 Å². The molecule has 0 aliphatic carbocycles. The van der Waals surface area contributed by atoms with Gasteiger partial charge in [0.15, 0.2) is 0 Å². The summed E-state index contributed by atoms with van der Waals surface area (Å²) in [6, 6.07) is 22.0. The van der Waals surface area contributed by atoms with Crippen molar-refractivity contribution in [3.05, 3.63) is 83.9 Å². The van der Waals surface area contributed by atoms with Crippen molar-refractivity contribution in [1.29, 1.82) is 0 Å². The van der Waals surface area contributed by atoms with Crippen LogP contribution in [-0.4, -0.2) is 14.7 Å². The average Bonchev–Trinajstić information content (AvgIpc) is 2.66. The molecular formula is C26H33O3P. The van der Waals surface area contributed by atoms with Gasteiger partial charge in [-0.15, -0.1) is 0 Å². The van der Waals surface area contributed by atoms with E-state index in [1.54, 1.807) is 36.4 Å². The Morgan fingerprint density at radius 2 is 1.10 bits per heavy atom. The predicted octanol–water partition coefficient (Wildman–Crippen LogP) is 5.17. The summed E-state index contributed by atoms with van der Waals surface area (Å²) in [5.74, 6) is 0. The van der Waals surface area contributed by atoms with E-state index in [9.17, 15) is 14.7 Å². The number of rotatable bonds is 3. The van der Waals surface area contributed by atoms with Crippen LogP contribution in [0, 0.1) is 0 Å². The van der Waals surface area contributed by atoms with Gasteiger partial charge in [-0.1, -0.05) is 0 Å². The summed E-state index contributed by atoms with van der Waals surface area (Å²) in [7, 11) is -5.35. The first-order valence-electron chi connectivity index (χ1n) is 10.3. The van der Waals surface area contributed by atoms with Crippen LogP contribution in [0.25, 0.3) is 11.1 Å². The molecule has 0 saturated carbocycles. The molecule has 4 heteroatoms. The molecule has 3 rings (SSSR count). The maximum absolute atomic E-state index is 11.5. The Balaban J connectivity index is 2.51. The predicted molar refractivity (Wildman–Crippen MR) is 129 cm³/mol. The summed E-state index contributed by atoms with van der Waals surface area (Å²) < 4.78 is 0. The van der Waals surface area contributed by atoms with Crippen molar-refractivity contribution >= 4 is 17.9 Å². The van der Waals surface area contributed by atoms with Gasteiger partial charge in [0.2, 0.25) is 0 Å². The number of hydrogen-bond donors (Lipinski definition) is 3. The first-order chi connectivity index (χ1) is 13.7. The minimum atomic E-state index is -5.35. The van der Waals surface area contributed by atoms with E-state index >= 15 is 0 Å². The SMILES string of the molecule is CC(C)(C)c1ccc(P(O)(O)(O)c2ccccc2)c(C(C)(C)C)c1-c1ccccc1.